The van der Waals surface area contributed by atoms with Crippen molar-refractivity contribution < 1.29 is 9.53 Å². The first-order chi connectivity index (χ1) is 11.7. The highest BCUT2D eigenvalue weighted by molar-refractivity contribution is 8.02. The standard InChI is InChI=1S/C16H26N4O2S2/c1-11(14(21)18-12-6-3-2-4-7-12)23-16-20-19-15(24-16)17-10-13-8-5-9-22-13/h11-13H,2-10H2,1H3,(H,17,19)(H,18,21). The van der Waals surface area contributed by atoms with E-state index in [4.69, 9.17) is 4.74 Å². The van der Waals surface area contributed by atoms with Crippen molar-refractivity contribution in [3.05, 3.63) is 0 Å². The number of anilines is 1. The fraction of sp³-hybridized carbons (Fsp3) is 0.812. The summed E-state index contributed by atoms with van der Waals surface area (Å²) >= 11 is 2.98. The number of rotatable bonds is 7. The van der Waals surface area contributed by atoms with Crippen LogP contribution >= 0.6 is 23.1 Å². The van der Waals surface area contributed by atoms with Crippen molar-refractivity contribution in [3.8, 4) is 0 Å². The van der Waals surface area contributed by atoms with Crippen molar-refractivity contribution in [3.63, 3.8) is 0 Å². The number of amides is 1. The average molecular weight is 371 g/mol. The molecule has 0 bridgehead atoms. The predicted octanol–water partition coefficient (Wildman–Crippen LogP) is 3.06. The van der Waals surface area contributed by atoms with Crippen molar-refractivity contribution in [1.29, 1.82) is 0 Å². The van der Waals surface area contributed by atoms with Crippen LogP contribution in [-0.2, 0) is 9.53 Å². The number of thioether (sulfide) groups is 1. The first kappa shape index (κ1) is 17.9. The van der Waals surface area contributed by atoms with Crippen LogP contribution in [0.1, 0.15) is 51.9 Å². The molecule has 0 radical (unpaired) electrons. The molecule has 1 aromatic heterocycles. The summed E-state index contributed by atoms with van der Waals surface area (Å²) in [6, 6.07) is 0.354. The molecule has 2 heterocycles. The maximum Gasteiger partial charge on any atom is 0.233 e. The smallest absolute Gasteiger partial charge is 0.233 e. The van der Waals surface area contributed by atoms with Crippen LogP contribution in [0.15, 0.2) is 4.34 Å². The minimum Gasteiger partial charge on any atom is -0.376 e. The Morgan fingerprint density at radius 2 is 2.12 bits per heavy atom. The summed E-state index contributed by atoms with van der Waals surface area (Å²) in [7, 11) is 0. The summed E-state index contributed by atoms with van der Waals surface area (Å²) in [5, 5.41) is 15.4. The van der Waals surface area contributed by atoms with E-state index in [1.165, 1.54) is 42.4 Å². The Kier molecular flexibility index (Phi) is 6.74. The first-order valence-electron chi connectivity index (χ1n) is 8.87. The van der Waals surface area contributed by atoms with Gasteiger partial charge in [-0.2, -0.15) is 0 Å². The Hall–Kier alpha value is -0.860. The Morgan fingerprint density at radius 1 is 1.29 bits per heavy atom. The van der Waals surface area contributed by atoms with Crippen molar-refractivity contribution in [2.75, 3.05) is 18.5 Å². The molecule has 6 nitrogen and oxygen atoms in total. The molecule has 2 N–H and O–H groups in total. The summed E-state index contributed by atoms with van der Waals surface area (Å²) < 4.78 is 6.42. The van der Waals surface area contributed by atoms with Gasteiger partial charge in [-0.3, -0.25) is 4.79 Å². The number of carbonyl (C=O) groups excluding carboxylic acids is 1. The van der Waals surface area contributed by atoms with Gasteiger partial charge in [0, 0.05) is 19.2 Å². The van der Waals surface area contributed by atoms with Gasteiger partial charge in [0.05, 0.1) is 11.4 Å². The fourth-order valence-corrected chi connectivity index (χ4v) is 5.02. The van der Waals surface area contributed by atoms with Crippen molar-refractivity contribution in [2.45, 2.75) is 73.6 Å². The Labute approximate surface area is 151 Å². The molecular weight excluding hydrogens is 344 g/mol. The van der Waals surface area contributed by atoms with Crippen molar-refractivity contribution in [1.82, 2.24) is 15.5 Å². The normalized spacial score (nSPS) is 23.1. The predicted molar refractivity (Wildman–Crippen MR) is 97.7 cm³/mol. The second-order valence-electron chi connectivity index (χ2n) is 6.49. The van der Waals surface area contributed by atoms with E-state index in [-0.39, 0.29) is 17.3 Å². The summed E-state index contributed by atoms with van der Waals surface area (Å²) in [4.78, 5) is 12.3. The van der Waals surface area contributed by atoms with Crippen molar-refractivity contribution in [2.24, 2.45) is 0 Å². The zero-order chi connectivity index (χ0) is 16.8. The maximum absolute atomic E-state index is 12.3. The number of carbonyl (C=O) groups is 1. The number of hydrogen-bond donors (Lipinski definition) is 2. The molecule has 3 rings (SSSR count). The average Bonchev–Trinajstić information content (AvgIpc) is 3.25. The van der Waals surface area contributed by atoms with E-state index in [1.54, 1.807) is 0 Å². The molecule has 134 valence electrons. The minimum absolute atomic E-state index is 0.107. The highest BCUT2D eigenvalue weighted by atomic mass is 32.2. The number of nitrogens with one attached hydrogen (secondary N) is 2. The van der Waals surface area contributed by atoms with E-state index in [9.17, 15) is 4.79 Å². The lowest BCUT2D eigenvalue weighted by molar-refractivity contribution is -0.121. The molecule has 1 saturated carbocycles. The van der Waals surface area contributed by atoms with E-state index in [2.05, 4.69) is 20.8 Å². The largest absolute Gasteiger partial charge is 0.376 e. The summed E-state index contributed by atoms with van der Waals surface area (Å²) in [6.07, 6.45) is 8.49. The maximum atomic E-state index is 12.3. The number of nitrogens with zero attached hydrogens (tertiary/aromatic N) is 2. The Morgan fingerprint density at radius 3 is 2.88 bits per heavy atom. The SMILES string of the molecule is CC(Sc1nnc(NCC2CCCO2)s1)C(=O)NC1CCCCC1. The van der Waals surface area contributed by atoms with Crippen LogP contribution in [0.5, 0.6) is 0 Å². The summed E-state index contributed by atoms with van der Waals surface area (Å²) in [6.45, 7) is 3.57. The molecule has 0 spiro atoms. The van der Waals surface area contributed by atoms with Crippen LogP contribution in [0.25, 0.3) is 0 Å². The second-order valence-corrected chi connectivity index (χ2v) is 9.06. The highest BCUT2D eigenvalue weighted by Gasteiger charge is 2.22. The van der Waals surface area contributed by atoms with Gasteiger partial charge in [0.2, 0.25) is 11.0 Å². The van der Waals surface area contributed by atoms with Crippen LogP contribution in [0.2, 0.25) is 0 Å². The topological polar surface area (TPSA) is 76.1 Å². The van der Waals surface area contributed by atoms with E-state index >= 15 is 0 Å². The van der Waals surface area contributed by atoms with Crippen LogP contribution in [-0.4, -0.2) is 46.7 Å². The molecule has 1 amide bonds. The summed E-state index contributed by atoms with van der Waals surface area (Å²) in [5.74, 6) is 0.107. The monoisotopic (exact) mass is 370 g/mol. The first-order valence-corrected chi connectivity index (χ1v) is 10.6. The highest BCUT2D eigenvalue weighted by Crippen LogP contribution is 2.29. The number of ether oxygens (including phenoxy) is 1. The molecule has 2 unspecified atom stereocenters. The van der Waals surface area contributed by atoms with E-state index in [1.807, 2.05) is 6.92 Å². The quantitative estimate of drug-likeness (QED) is 0.719. The van der Waals surface area contributed by atoms with E-state index < -0.39 is 0 Å². The zero-order valence-corrected chi connectivity index (χ0v) is 15.8. The lowest BCUT2D eigenvalue weighted by Crippen LogP contribution is -2.40. The van der Waals surface area contributed by atoms with E-state index in [0.29, 0.717) is 6.04 Å². The minimum atomic E-state index is -0.147. The van der Waals surface area contributed by atoms with Gasteiger partial charge in [-0.05, 0) is 32.6 Å². The van der Waals surface area contributed by atoms with Gasteiger partial charge in [-0.1, -0.05) is 42.4 Å². The van der Waals surface area contributed by atoms with Gasteiger partial charge in [0.1, 0.15) is 0 Å². The summed E-state index contributed by atoms with van der Waals surface area (Å²) in [5.41, 5.74) is 0. The van der Waals surface area contributed by atoms with Crippen LogP contribution < -0.4 is 10.6 Å². The third-order valence-electron chi connectivity index (χ3n) is 4.51. The molecule has 2 atom stereocenters. The van der Waals surface area contributed by atoms with Crippen LogP contribution in [0.3, 0.4) is 0 Å². The fourth-order valence-electron chi connectivity index (χ4n) is 3.11. The number of hydrogen-bond acceptors (Lipinski definition) is 7. The third-order valence-corrected chi connectivity index (χ3v) is 6.57. The van der Waals surface area contributed by atoms with Gasteiger partial charge in [-0.25, -0.2) is 0 Å². The van der Waals surface area contributed by atoms with Gasteiger partial charge in [0.15, 0.2) is 4.34 Å². The molecule has 2 fully saturated rings. The molecule has 1 aromatic rings. The van der Waals surface area contributed by atoms with Gasteiger partial charge in [-0.15, -0.1) is 10.2 Å². The van der Waals surface area contributed by atoms with Gasteiger partial charge in [0.25, 0.3) is 0 Å². The molecule has 1 saturated heterocycles. The molecule has 8 heteroatoms. The Balaban J connectivity index is 1.41. The molecule has 24 heavy (non-hydrogen) atoms. The molecule has 1 aliphatic carbocycles. The van der Waals surface area contributed by atoms with E-state index in [0.717, 1.165) is 48.3 Å². The molecule has 2 aliphatic rings. The Bertz CT molecular complexity index is 528. The van der Waals surface area contributed by atoms with Crippen LogP contribution in [0, 0.1) is 0 Å². The third kappa shape index (κ3) is 5.32. The zero-order valence-electron chi connectivity index (χ0n) is 14.1. The molecular formula is C16H26N4O2S2. The molecule has 0 aromatic carbocycles. The lowest BCUT2D eigenvalue weighted by Gasteiger charge is -2.24. The molecule has 1 aliphatic heterocycles. The van der Waals surface area contributed by atoms with Gasteiger partial charge < -0.3 is 15.4 Å². The lowest BCUT2D eigenvalue weighted by atomic mass is 9.95. The second kappa shape index (κ2) is 9.01. The number of aromatic nitrogens is 2. The van der Waals surface area contributed by atoms with Crippen molar-refractivity contribution >= 4 is 34.1 Å². The van der Waals surface area contributed by atoms with Crippen LogP contribution in [0.4, 0.5) is 5.13 Å². The van der Waals surface area contributed by atoms with Gasteiger partial charge >= 0.3 is 0 Å².